The number of aliphatic hydroxyl groups excluding tert-OH is 1. The smallest absolute Gasteiger partial charge is 0.123 e. The number of benzene rings is 2. The van der Waals surface area contributed by atoms with Crippen LogP contribution >= 0.6 is 0 Å². The van der Waals surface area contributed by atoms with Gasteiger partial charge in [0.1, 0.15) is 30.0 Å². The van der Waals surface area contributed by atoms with E-state index in [4.69, 9.17) is 14.2 Å². The Kier molecular flexibility index (Phi) is 6.53. The molecule has 4 aliphatic rings. The molecule has 2 aromatic carbocycles. The summed E-state index contributed by atoms with van der Waals surface area (Å²) in [6.45, 7) is 1.28. The van der Waals surface area contributed by atoms with Crippen LogP contribution in [0.15, 0.2) is 42.5 Å². The van der Waals surface area contributed by atoms with Crippen LogP contribution < -0.4 is 19.5 Å². The third kappa shape index (κ3) is 4.85. The van der Waals surface area contributed by atoms with E-state index in [-0.39, 0.29) is 6.61 Å². The minimum absolute atomic E-state index is 0.263. The predicted molar refractivity (Wildman–Crippen MR) is 129 cm³/mol. The van der Waals surface area contributed by atoms with Gasteiger partial charge < -0.3 is 24.6 Å². The van der Waals surface area contributed by atoms with E-state index < -0.39 is 6.10 Å². The number of aliphatic hydroxyl groups is 1. The average molecular weight is 452 g/mol. The molecule has 4 fully saturated rings. The van der Waals surface area contributed by atoms with Crippen LogP contribution in [0.3, 0.4) is 0 Å². The molecule has 5 nitrogen and oxygen atoms in total. The van der Waals surface area contributed by atoms with E-state index in [0.717, 1.165) is 40.6 Å². The monoisotopic (exact) mass is 451 g/mol. The van der Waals surface area contributed by atoms with E-state index in [9.17, 15) is 5.11 Å². The van der Waals surface area contributed by atoms with E-state index >= 15 is 0 Å². The summed E-state index contributed by atoms with van der Waals surface area (Å²) in [4.78, 5) is 0. The van der Waals surface area contributed by atoms with Gasteiger partial charge in [-0.1, -0.05) is 12.1 Å². The molecule has 4 bridgehead atoms. The summed E-state index contributed by atoms with van der Waals surface area (Å²) >= 11 is 0. The number of hydrogen-bond acceptors (Lipinski definition) is 5. The fourth-order valence-electron chi connectivity index (χ4n) is 7.01. The summed E-state index contributed by atoms with van der Waals surface area (Å²) in [5, 5.41) is 13.7. The lowest BCUT2D eigenvalue weighted by Crippen LogP contribution is -2.48. The topological polar surface area (TPSA) is 60.0 Å². The van der Waals surface area contributed by atoms with Gasteiger partial charge in [-0.05, 0) is 97.6 Å². The maximum absolute atomic E-state index is 10.4. The molecule has 178 valence electrons. The molecule has 0 aromatic heterocycles. The first-order valence-corrected chi connectivity index (χ1v) is 12.4. The summed E-state index contributed by atoms with van der Waals surface area (Å²) in [5.74, 6) is 5.27. The number of rotatable bonds is 10. The Morgan fingerprint density at radius 1 is 0.909 bits per heavy atom. The molecule has 0 spiro atoms. The van der Waals surface area contributed by atoms with Crippen LogP contribution in [0.4, 0.5) is 0 Å². The summed E-state index contributed by atoms with van der Waals surface area (Å²) in [7, 11) is 3.30. The summed E-state index contributed by atoms with van der Waals surface area (Å²) in [6, 6.07) is 14.5. The van der Waals surface area contributed by atoms with Crippen LogP contribution in [0.5, 0.6) is 17.2 Å². The van der Waals surface area contributed by atoms with Crippen LogP contribution in [0, 0.1) is 17.8 Å². The van der Waals surface area contributed by atoms with Crippen molar-refractivity contribution in [3.8, 4) is 17.2 Å². The predicted octanol–water partition coefficient (Wildman–Crippen LogP) is 4.70. The second kappa shape index (κ2) is 9.55. The van der Waals surface area contributed by atoms with Gasteiger partial charge in [0.15, 0.2) is 0 Å². The van der Waals surface area contributed by atoms with Gasteiger partial charge in [-0.3, -0.25) is 0 Å². The van der Waals surface area contributed by atoms with Gasteiger partial charge in [0.25, 0.3) is 0 Å². The lowest BCUT2D eigenvalue weighted by molar-refractivity contribution is -0.00521. The van der Waals surface area contributed by atoms with Crippen molar-refractivity contribution < 1.29 is 19.3 Å². The SMILES string of the molecule is COc1ccc(OC)c(CNCC(O)COc2ccc(C34CC5CC(CC(C5)C3)C4)cc2)c1. The third-order valence-electron chi connectivity index (χ3n) is 8.13. The molecular formula is C28H37NO4. The van der Waals surface area contributed by atoms with Gasteiger partial charge in [-0.25, -0.2) is 0 Å². The molecule has 0 heterocycles. The van der Waals surface area contributed by atoms with E-state index in [1.165, 1.54) is 44.1 Å². The van der Waals surface area contributed by atoms with E-state index in [2.05, 4.69) is 29.6 Å². The highest BCUT2D eigenvalue weighted by atomic mass is 16.5. The molecule has 4 saturated carbocycles. The largest absolute Gasteiger partial charge is 0.497 e. The van der Waals surface area contributed by atoms with Crippen molar-refractivity contribution in [3.05, 3.63) is 53.6 Å². The molecule has 1 atom stereocenters. The van der Waals surface area contributed by atoms with Crippen LogP contribution in [0.25, 0.3) is 0 Å². The zero-order valence-electron chi connectivity index (χ0n) is 19.9. The van der Waals surface area contributed by atoms with Crippen molar-refractivity contribution in [1.29, 1.82) is 0 Å². The normalized spacial score (nSPS) is 28.5. The molecule has 2 aromatic rings. The van der Waals surface area contributed by atoms with E-state index in [1.807, 2.05) is 18.2 Å². The Hall–Kier alpha value is -2.24. The fraction of sp³-hybridized carbons (Fsp3) is 0.571. The third-order valence-corrected chi connectivity index (χ3v) is 8.13. The van der Waals surface area contributed by atoms with Crippen LogP contribution in [-0.4, -0.2) is 38.6 Å². The lowest BCUT2D eigenvalue weighted by atomic mass is 9.48. The van der Waals surface area contributed by atoms with Crippen molar-refractivity contribution in [2.24, 2.45) is 17.8 Å². The molecule has 0 saturated heterocycles. The van der Waals surface area contributed by atoms with Crippen LogP contribution in [-0.2, 0) is 12.0 Å². The Balaban J connectivity index is 1.10. The quantitative estimate of drug-likeness (QED) is 0.548. The summed E-state index contributed by atoms with van der Waals surface area (Å²) < 4.78 is 16.6. The van der Waals surface area contributed by atoms with Gasteiger partial charge in [0.2, 0.25) is 0 Å². The molecule has 0 aliphatic heterocycles. The molecule has 0 amide bonds. The standard InChI is InChI=1S/C28H37NO4/c1-31-26-7-8-27(32-2)22(12-26)16-29-17-24(30)18-33-25-5-3-23(4-6-25)28-13-19-9-20(14-28)11-21(10-19)15-28/h3-8,12,19-21,24,29-30H,9-11,13-18H2,1-2H3. The highest BCUT2D eigenvalue weighted by molar-refractivity contribution is 5.40. The first-order chi connectivity index (χ1) is 16.1. The van der Waals surface area contributed by atoms with Gasteiger partial charge >= 0.3 is 0 Å². The number of hydrogen-bond donors (Lipinski definition) is 2. The molecule has 6 rings (SSSR count). The number of methoxy groups -OCH3 is 2. The van der Waals surface area contributed by atoms with E-state index in [0.29, 0.717) is 18.5 Å². The Morgan fingerprint density at radius 2 is 1.55 bits per heavy atom. The second-order valence-electron chi connectivity index (χ2n) is 10.5. The zero-order chi connectivity index (χ0) is 22.8. The molecule has 1 unspecified atom stereocenters. The van der Waals surface area contributed by atoms with Crippen molar-refractivity contribution in [2.45, 2.75) is 56.6 Å². The molecule has 4 aliphatic carbocycles. The zero-order valence-corrected chi connectivity index (χ0v) is 19.9. The lowest BCUT2D eigenvalue weighted by Gasteiger charge is -2.57. The molecule has 33 heavy (non-hydrogen) atoms. The number of nitrogens with one attached hydrogen (secondary N) is 1. The maximum atomic E-state index is 10.4. The second-order valence-corrected chi connectivity index (χ2v) is 10.5. The molecule has 2 N–H and O–H groups in total. The van der Waals surface area contributed by atoms with Gasteiger partial charge in [0, 0.05) is 18.7 Å². The summed E-state index contributed by atoms with van der Waals surface area (Å²) in [5.41, 5.74) is 2.91. The number of ether oxygens (including phenoxy) is 3. The minimum Gasteiger partial charge on any atom is -0.497 e. The first-order valence-electron chi connectivity index (χ1n) is 12.4. The minimum atomic E-state index is -0.593. The van der Waals surface area contributed by atoms with Crippen molar-refractivity contribution in [3.63, 3.8) is 0 Å². The van der Waals surface area contributed by atoms with Gasteiger partial charge in [0.05, 0.1) is 14.2 Å². The highest BCUT2D eigenvalue weighted by Gasteiger charge is 2.51. The van der Waals surface area contributed by atoms with Crippen LogP contribution in [0.1, 0.15) is 49.7 Å². The summed E-state index contributed by atoms with van der Waals surface area (Å²) in [6.07, 6.45) is 7.94. The van der Waals surface area contributed by atoms with Crippen molar-refractivity contribution >= 4 is 0 Å². The fourth-order valence-corrected chi connectivity index (χ4v) is 7.01. The van der Waals surface area contributed by atoms with Crippen LogP contribution in [0.2, 0.25) is 0 Å². The van der Waals surface area contributed by atoms with Gasteiger partial charge in [-0.2, -0.15) is 0 Å². The highest BCUT2D eigenvalue weighted by Crippen LogP contribution is 2.60. The van der Waals surface area contributed by atoms with Crippen molar-refractivity contribution in [2.75, 3.05) is 27.4 Å². The first kappa shape index (κ1) is 22.5. The molecule has 5 heteroatoms. The maximum Gasteiger partial charge on any atom is 0.123 e. The van der Waals surface area contributed by atoms with E-state index in [1.54, 1.807) is 14.2 Å². The Bertz CT molecular complexity index is 906. The van der Waals surface area contributed by atoms with Gasteiger partial charge in [-0.15, -0.1) is 0 Å². The Labute approximate surface area is 197 Å². The Morgan fingerprint density at radius 3 is 2.15 bits per heavy atom. The molecule has 0 radical (unpaired) electrons. The molecular weight excluding hydrogens is 414 g/mol. The van der Waals surface area contributed by atoms with Crippen molar-refractivity contribution in [1.82, 2.24) is 5.32 Å². The average Bonchev–Trinajstić information content (AvgIpc) is 2.82.